The second-order valence-corrected chi connectivity index (χ2v) is 4.88. The first kappa shape index (κ1) is 14.3. The van der Waals surface area contributed by atoms with E-state index in [0.29, 0.717) is 11.6 Å². The summed E-state index contributed by atoms with van der Waals surface area (Å²) in [6, 6.07) is 17.4. The maximum atomic E-state index is 5.69. The predicted octanol–water partition coefficient (Wildman–Crippen LogP) is 3.32. The topological polar surface area (TPSA) is 44.5 Å². The van der Waals surface area contributed by atoms with Crippen molar-refractivity contribution in [2.45, 2.75) is 19.6 Å². The van der Waals surface area contributed by atoms with E-state index in [1.807, 2.05) is 61.5 Å². The lowest BCUT2D eigenvalue weighted by Gasteiger charge is -2.13. The standard InChI is InChI=1S/C16H17NO2S/c1-12(16(17)20)19-15-9-7-14(8-10-15)18-11-13-5-3-2-4-6-13/h2-10,12H,11H2,1H3,(H2,17,20). The Hall–Kier alpha value is -2.07. The fourth-order valence-corrected chi connectivity index (χ4v) is 1.67. The van der Waals surface area contributed by atoms with Crippen molar-refractivity contribution in [2.24, 2.45) is 5.73 Å². The van der Waals surface area contributed by atoms with Crippen LogP contribution in [0, 0.1) is 0 Å². The first-order chi connectivity index (χ1) is 9.65. The van der Waals surface area contributed by atoms with Crippen LogP contribution >= 0.6 is 12.2 Å². The fourth-order valence-electron chi connectivity index (χ4n) is 1.62. The van der Waals surface area contributed by atoms with Crippen LogP contribution < -0.4 is 15.2 Å². The maximum Gasteiger partial charge on any atom is 0.145 e. The van der Waals surface area contributed by atoms with Crippen molar-refractivity contribution >= 4 is 17.2 Å². The van der Waals surface area contributed by atoms with Gasteiger partial charge in [0.1, 0.15) is 29.2 Å². The van der Waals surface area contributed by atoms with Crippen molar-refractivity contribution < 1.29 is 9.47 Å². The number of benzene rings is 2. The molecule has 1 atom stereocenters. The Balaban J connectivity index is 1.90. The molecule has 1 unspecified atom stereocenters. The molecule has 2 aromatic carbocycles. The lowest BCUT2D eigenvalue weighted by atomic mass is 10.2. The molecule has 0 fully saturated rings. The minimum atomic E-state index is -0.277. The van der Waals surface area contributed by atoms with Gasteiger partial charge in [0, 0.05) is 0 Å². The molecule has 0 bridgehead atoms. The van der Waals surface area contributed by atoms with Gasteiger partial charge in [-0.05, 0) is 36.8 Å². The second kappa shape index (κ2) is 6.91. The average molecular weight is 287 g/mol. The Morgan fingerprint density at radius 3 is 2.25 bits per heavy atom. The summed E-state index contributed by atoms with van der Waals surface area (Å²) in [6.45, 7) is 2.37. The smallest absolute Gasteiger partial charge is 0.145 e. The van der Waals surface area contributed by atoms with Crippen LogP contribution in [0.5, 0.6) is 11.5 Å². The van der Waals surface area contributed by atoms with Gasteiger partial charge in [0.05, 0.1) is 0 Å². The monoisotopic (exact) mass is 287 g/mol. The highest BCUT2D eigenvalue weighted by Gasteiger charge is 2.06. The number of thiocarbonyl (C=S) groups is 1. The van der Waals surface area contributed by atoms with Crippen LogP contribution in [0.2, 0.25) is 0 Å². The molecule has 0 amide bonds. The Bertz CT molecular complexity index is 554. The van der Waals surface area contributed by atoms with Crippen LogP contribution in [-0.2, 0) is 6.61 Å². The number of hydrogen-bond donors (Lipinski definition) is 1. The van der Waals surface area contributed by atoms with Gasteiger partial charge in [0.15, 0.2) is 0 Å². The summed E-state index contributed by atoms with van der Waals surface area (Å²) in [7, 11) is 0. The molecule has 0 aliphatic rings. The normalized spacial score (nSPS) is 11.7. The Labute approximate surface area is 124 Å². The molecule has 2 N–H and O–H groups in total. The number of rotatable bonds is 6. The first-order valence-corrected chi connectivity index (χ1v) is 6.79. The minimum Gasteiger partial charge on any atom is -0.489 e. The van der Waals surface area contributed by atoms with Crippen molar-refractivity contribution in [3.63, 3.8) is 0 Å². The summed E-state index contributed by atoms with van der Waals surface area (Å²) in [4.78, 5) is 0.342. The average Bonchev–Trinajstić information content (AvgIpc) is 2.47. The van der Waals surface area contributed by atoms with Crippen molar-refractivity contribution in [3.05, 3.63) is 60.2 Å². The Morgan fingerprint density at radius 1 is 1.05 bits per heavy atom. The van der Waals surface area contributed by atoms with Gasteiger partial charge in [-0.25, -0.2) is 0 Å². The Morgan fingerprint density at radius 2 is 1.65 bits per heavy atom. The van der Waals surface area contributed by atoms with Crippen LogP contribution in [0.15, 0.2) is 54.6 Å². The van der Waals surface area contributed by atoms with E-state index in [4.69, 9.17) is 27.4 Å². The lowest BCUT2D eigenvalue weighted by molar-refractivity contribution is 0.285. The minimum absolute atomic E-state index is 0.277. The van der Waals surface area contributed by atoms with Gasteiger partial charge in [0.2, 0.25) is 0 Å². The molecule has 0 aromatic heterocycles. The van der Waals surface area contributed by atoms with Crippen LogP contribution in [0.3, 0.4) is 0 Å². The van der Waals surface area contributed by atoms with E-state index in [-0.39, 0.29) is 6.10 Å². The van der Waals surface area contributed by atoms with Crippen molar-refractivity contribution in [3.8, 4) is 11.5 Å². The molecule has 2 aromatic rings. The van der Waals surface area contributed by atoms with Gasteiger partial charge in [-0.15, -0.1) is 0 Å². The summed E-state index contributed by atoms with van der Waals surface area (Å²) in [6.07, 6.45) is -0.277. The van der Waals surface area contributed by atoms with E-state index in [9.17, 15) is 0 Å². The highest BCUT2D eigenvalue weighted by Crippen LogP contribution is 2.19. The third kappa shape index (κ3) is 4.24. The molecule has 0 aliphatic carbocycles. The number of ether oxygens (including phenoxy) is 2. The van der Waals surface area contributed by atoms with Crippen molar-refractivity contribution in [2.75, 3.05) is 0 Å². The third-order valence-electron chi connectivity index (χ3n) is 2.79. The van der Waals surface area contributed by atoms with E-state index in [0.717, 1.165) is 17.1 Å². The molecule has 3 nitrogen and oxygen atoms in total. The molecule has 0 saturated carbocycles. The summed E-state index contributed by atoms with van der Waals surface area (Å²) in [5.74, 6) is 1.52. The quantitative estimate of drug-likeness (QED) is 0.828. The zero-order chi connectivity index (χ0) is 14.4. The maximum absolute atomic E-state index is 5.69. The van der Waals surface area contributed by atoms with E-state index in [1.165, 1.54) is 0 Å². The zero-order valence-electron chi connectivity index (χ0n) is 11.3. The van der Waals surface area contributed by atoms with Gasteiger partial charge in [0.25, 0.3) is 0 Å². The highest BCUT2D eigenvalue weighted by molar-refractivity contribution is 7.80. The van der Waals surface area contributed by atoms with Crippen molar-refractivity contribution in [1.29, 1.82) is 0 Å². The molecular formula is C16H17NO2S. The summed E-state index contributed by atoms with van der Waals surface area (Å²) < 4.78 is 11.3. The SMILES string of the molecule is CC(Oc1ccc(OCc2ccccc2)cc1)C(N)=S. The summed E-state index contributed by atoms with van der Waals surface area (Å²) >= 11 is 4.87. The van der Waals surface area contributed by atoms with E-state index in [2.05, 4.69) is 0 Å². The predicted molar refractivity (Wildman–Crippen MR) is 84.1 cm³/mol. The van der Waals surface area contributed by atoms with Gasteiger partial charge in [-0.3, -0.25) is 0 Å². The number of hydrogen-bond acceptors (Lipinski definition) is 3. The van der Waals surface area contributed by atoms with Crippen LogP contribution in [0.25, 0.3) is 0 Å². The molecule has 104 valence electrons. The van der Waals surface area contributed by atoms with E-state index in [1.54, 1.807) is 0 Å². The van der Waals surface area contributed by atoms with Gasteiger partial charge in [-0.1, -0.05) is 42.5 Å². The van der Waals surface area contributed by atoms with E-state index < -0.39 is 0 Å². The fraction of sp³-hybridized carbons (Fsp3) is 0.188. The van der Waals surface area contributed by atoms with Gasteiger partial charge < -0.3 is 15.2 Å². The molecule has 4 heteroatoms. The van der Waals surface area contributed by atoms with Crippen LogP contribution in [-0.4, -0.2) is 11.1 Å². The van der Waals surface area contributed by atoms with Crippen LogP contribution in [0.4, 0.5) is 0 Å². The second-order valence-electron chi connectivity index (χ2n) is 4.41. The van der Waals surface area contributed by atoms with Gasteiger partial charge in [-0.2, -0.15) is 0 Å². The zero-order valence-corrected chi connectivity index (χ0v) is 12.1. The molecule has 0 heterocycles. The molecule has 0 radical (unpaired) electrons. The van der Waals surface area contributed by atoms with Gasteiger partial charge >= 0.3 is 0 Å². The summed E-state index contributed by atoms with van der Waals surface area (Å²) in [5, 5.41) is 0. The lowest BCUT2D eigenvalue weighted by Crippen LogP contribution is -2.28. The first-order valence-electron chi connectivity index (χ1n) is 6.38. The highest BCUT2D eigenvalue weighted by atomic mass is 32.1. The van der Waals surface area contributed by atoms with Crippen molar-refractivity contribution in [1.82, 2.24) is 0 Å². The van der Waals surface area contributed by atoms with Crippen LogP contribution in [0.1, 0.15) is 12.5 Å². The molecule has 0 aliphatic heterocycles. The largest absolute Gasteiger partial charge is 0.489 e. The number of nitrogens with two attached hydrogens (primary N) is 1. The third-order valence-corrected chi connectivity index (χ3v) is 3.12. The molecule has 20 heavy (non-hydrogen) atoms. The van der Waals surface area contributed by atoms with E-state index >= 15 is 0 Å². The molecular weight excluding hydrogens is 270 g/mol. The Kier molecular flexibility index (Phi) is 4.96. The molecule has 0 saturated heterocycles. The molecule has 2 rings (SSSR count). The molecule has 0 spiro atoms. The summed E-state index contributed by atoms with van der Waals surface area (Å²) in [5.41, 5.74) is 6.64.